The zero-order valence-corrected chi connectivity index (χ0v) is 16.7. The number of piperidine rings is 1. The monoisotopic (exact) mass is 381 g/mol. The lowest BCUT2D eigenvalue weighted by atomic mass is 9.84. The highest BCUT2D eigenvalue weighted by Gasteiger charge is 2.30. The van der Waals surface area contributed by atoms with Crippen molar-refractivity contribution < 1.29 is 8.42 Å². The molecule has 3 nitrogen and oxygen atoms in total. The molecule has 2 aliphatic rings. The minimum absolute atomic E-state index is 0.408. The zero-order valence-electron chi connectivity index (χ0n) is 15.9. The molecule has 1 fully saturated rings. The van der Waals surface area contributed by atoms with Gasteiger partial charge < -0.3 is 0 Å². The predicted molar refractivity (Wildman–Crippen MR) is 110 cm³/mol. The minimum Gasteiger partial charge on any atom is -0.207 e. The molecule has 1 aliphatic carbocycles. The van der Waals surface area contributed by atoms with Gasteiger partial charge in [0.25, 0.3) is 0 Å². The second kappa shape index (κ2) is 7.61. The fourth-order valence-corrected chi connectivity index (χ4v) is 5.79. The normalized spacial score (nSPS) is 18.9. The first kappa shape index (κ1) is 18.5. The van der Waals surface area contributed by atoms with Crippen LogP contribution in [0.15, 0.2) is 53.4 Å². The molecule has 0 unspecified atom stereocenters. The van der Waals surface area contributed by atoms with Gasteiger partial charge in [0, 0.05) is 13.1 Å². The molecular formula is C23H27NO2S. The third-order valence-corrected chi connectivity index (χ3v) is 7.81. The third-order valence-electron chi connectivity index (χ3n) is 5.90. The maximum Gasteiger partial charge on any atom is 0.243 e. The molecule has 1 saturated heterocycles. The van der Waals surface area contributed by atoms with E-state index in [1.54, 1.807) is 16.4 Å². The summed E-state index contributed by atoms with van der Waals surface area (Å²) in [4.78, 5) is 0.408. The van der Waals surface area contributed by atoms with Gasteiger partial charge in [-0.2, -0.15) is 4.31 Å². The standard InChI is InChI=1S/C23H27NO2S/c1-18-10-12-21(13-11-18)27(25,26)24-16-14-20(15-17-24)23-9-5-7-19-6-3-2-4-8-22(19)23/h3,5-7,9-13,20H,2,4,8,14-17H2,1H3. The lowest BCUT2D eigenvalue weighted by molar-refractivity contribution is 0.318. The summed E-state index contributed by atoms with van der Waals surface area (Å²) in [7, 11) is -3.39. The van der Waals surface area contributed by atoms with Crippen LogP contribution in [-0.2, 0) is 16.4 Å². The minimum atomic E-state index is -3.39. The molecule has 4 rings (SSSR count). The molecule has 0 radical (unpaired) electrons. The number of hydrogen-bond donors (Lipinski definition) is 0. The molecule has 0 atom stereocenters. The van der Waals surface area contributed by atoms with Gasteiger partial charge in [-0.05, 0) is 73.8 Å². The van der Waals surface area contributed by atoms with E-state index >= 15 is 0 Å². The number of nitrogens with zero attached hydrogens (tertiary/aromatic N) is 1. The Bertz CT molecular complexity index is 937. The molecule has 0 amide bonds. The van der Waals surface area contributed by atoms with Crippen molar-refractivity contribution in [2.45, 2.75) is 49.8 Å². The Balaban J connectivity index is 1.51. The van der Waals surface area contributed by atoms with Gasteiger partial charge in [-0.3, -0.25) is 0 Å². The van der Waals surface area contributed by atoms with Crippen molar-refractivity contribution in [2.75, 3.05) is 13.1 Å². The van der Waals surface area contributed by atoms with Gasteiger partial charge in [0.2, 0.25) is 10.0 Å². The Morgan fingerprint density at radius 1 is 1.00 bits per heavy atom. The number of rotatable bonds is 3. The lowest BCUT2D eigenvalue weighted by Gasteiger charge is -2.32. The van der Waals surface area contributed by atoms with Crippen molar-refractivity contribution >= 4 is 16.1 Å². The van der Waals surface area contributed by atoms with Crippen molar-refractivity contribution in [2.24, 2.45) is 0 Å². The SMILES string of the molecule is Cc1ccc(S(=O)(=O)N2CCC(c3cccc4c3CCCC=C4)CC2)cc1. The smallest absolute Gasteiger partial charge is 0.207 e. The predicted octanol–water partition coefficient (Wildman–Crippen LogP) is 4.91. The highest BCUT2D eigenvalue weighted by atomic mass is 32.2. The fourth-order valence-electron chi connectivity index (χ4n) is 4.32. The topological polar surface area (TPSA) is 37.4 Å². The van der Waals surface area contributed by atoms with E-state index in [1.807, 2.05) is 19.1 Å². The van der Waals surface area contributed by atoms with E-state index < -0.39 is 10.0 Å². The number of hydrogen-bond acceptors (Lipinski definition) is 2. The van der Waals surface area contributed by atoms with Crippen molar-refractivity contribution in [3.05, 3.63) is 70.8 Å². The van der Waals surface area contributed by atoms with Gasteiger partial charge in [-0.1, -0.05) is 48.0 Å². The zero-order chi connectivity index (χ0) is 18.9. The molecule has 0 aromatic heterocycles. The second-order valence-corrected chi connectivity index (χ2v) is 9.64. The highest BCUT2D eigenvalue weighted by Crippen LogP contribution is 2.35. The molecule has 4 heteroatoms. The molecule has 142 valence electrons. The maximum absolute atomic E-state index is 12.9. The molecule has 0 N–H and O–H groups in total. The number of fused-ring (bicyclic) bond motifs is 1. The number of sulfonamides is 1. The van der Waals surface area contributed by atoms with Gasteiger partial charge in [-0.15, -0.1) is 0 Å². The first-order valence-electron chi connectivity index (χ1n) is 9.91. The van der Waals surface area contributed by atoms with Crippen LogP contribution in [0.3, 0.4) is 0 Å². The van der Waals surface area contributed by atoms with Gasteiger partial charge in [-0.25, -0.2) is 8.42 Å². The Morgan fingerprint density at radius 3 is 2.48 bits per heavy atom. The summed E-state index contributed by atoms with van der Waals surface area (Å²) in [6.07, 6.45) is 9.77. The maximum atomic E-state index is 12.9. The van der Waals surface area contributed by atoms with Gasteiger partial charge in [0.1, 0.15) is 0 Å². The van der Waals surface area contributed by atoms with E-state index in [-0.39, 0.29) is 0 Å². The Morgan fingerprint density at radius 2 is 1.74 bits per heavy atom. The van der Waals surface area contributed by atoms with Crippen molar-refractivity contribution in [3.8, 4) is 0 Å². The van der Waals surface area contributed by atoms with Crippen molar-refractivity contribution in [1.82, 2.24) is 4.31 Å². The number of allylic oxidation sites excluding steroid dienone is 1. The van der Waals surface area contributed by atoms with Crippen LogP contribution in [0.25, 0.3) is 6.08 Å². The van der Waals surface area contributed by atoms with Gasteiger partial charge in [0.05, 0.1) is 4.90 Å². The third kappa shape index (κ3) is 3.74. The van der Waals surface area contributed by atoms with Crippen LogP contribution in [-0.4, -0.2) is 25.8 Å². The Labute approximate surface area is 162 Å². The van der Waals surface area contributed by atoms with Gasteiger partial charge >= 0.3 is 0 Å². The van der Waals surface area contributed by atoms with Crippen LogP contribution >= 0.6 is 0 Å². The van der Waals surface area contributed by atoms with Crippen LogP contribution in [0.5, 0.6) is 0 Å². The largest absolute Gasteiger partial charge is 0.243 e. The lowest BCUT2D eigenvalue weighted by Crippen LogP contribution is -2.38. The van der Waals surface area contributed by atoms with E-state index in [1.165, 1.54) is 23.1 Å². The summed E-state index contributed by atoms with van der Waals surface area (Å²) in [5, 5.41) is 0. The average Bonchev–Trinajstić information content (AvgIpc) is 2.94. The van der Waals surface area contributed by atoms with Crippen LogP contribution in [0, 0.1) is 6.92 Å². The van der Waals surface area contributed by atoms with Crippen molar-refractivity contribution in [3.63, 3.8) is 0 Å². The number of aryl methyl sites for hydroxylation is 1. The van der Waals surface area contributed by atoms with Crippen LogP contribution in [0.2, 0.25) is 0 Å². The molecular weight excluding hydrogens is 354 g/mol. The van der Waals surface area contributed by atoms with E-state index in [0.29, 0.717) is 23.9 Å². The summed E-state index contributed by atoms with van der Waals surface area (Å²) in [6.45, 7) is 3.17. The molecule has 1 heterocycles. The summed E-state index contributed by atoms with van der Waals surface area (Å²) in [6, 6.07) is 13.8. The first-order valence-corrected chi connectivity index (χ1v) is 11.3. The van der Waals surface area contributed by atoms with Crippen LogP contribution in [0.4, 0.5) is 0 Å². The van der Waals surface area contributed by atoms with Crippen LogP contribution in [0.1, 0.15) is 53.9 Å². The molecule has 27 heavy (non-hydrogen) atoms. The molecule has 2 aromatic rings. The van der Waals surface area contributed by atoms with Crippen molar-refractivity contribution in [1.29, 1.82) is 0 Å². The number of benzene rings is 2. The van der Waals surface area contributed by atoms with Gasteiger partial charge in [0.15, 0.2) is 0 Å². The molecule has 2 aromatic carbocycles. The molecule has 0 bridgehead atoms. The average molecular weight is 382 g/mol. The Kier molecular flexibility index (Phi) is 5.20. The van der Waals surface area contributed by atoms with E-state index in [0.717, 1.165) is 31.2 Å². The quantitative estimate of drug-likeness (QED) is 0.757. The van der Waals surface area contributed by atoms with E-state index in [4.69, 9.17) is 0 Å². The molecule has 0 saturated carbocycles. The van der Waals surface area contributed by atoms with E-state index in [9.17, 15) is 8.42 Å². The van der Waals surface area contributed by atoms with Crippen LogP contribution < -0.4 is 0 Å². The summed E-state index contributed by atoms with van der Waals surface area (Å²) < 4.78 is 27.5. The summed E-state index contributed by atoms with van der Waals surface area (Å²) in [5.41, 5.74) is 5.34. The second-order valence-electron chi connectivity index (χ2n) is 7.70. The highest BCUT2D eigenvalue weighted by molar-refractivity contribution is 7.89. The first-order chi connectivity index (χ1) is 13.1. The molecule has 1 aliphatic heterocycles. The summed E-state index contributed by atoms with van der Waals surface area (Å²) >= 11 is 0. The van der Waals surface area contributed by atoms with E-state index in [2.05, 4.69) is 30.4 Å². The summed E-state index contributed by atoms with van der Waals surface area (Å²) in [5.74, 6) is 0.455. The Hall–Kier alpha value is -1.91. The fraction of sp³-hybridized carbons (Fsp3) is 0.391. The molecule has 0 spiro atoms.